The van der Waals surface area contributed by atoms with Crippen molar-refractivity contribution in [3.63, 3.8) is 0 Å². The largest absolute Gasteiger partial charge is 0.416 e. The molecule has 5 aromatic carbocycles. The van der Waals surface area contributed by atoms with E-state index in [4.69, 9.17) is 0 Å². The molecule has 5 aromatic rings. The SMILES string of the molecule is C=C(C=CC(=CC)c1ccc(-c2ccc(-c3ccc(-c4ccc(C(F)(F)F)cc4)cc3)c(C)c2)cc1)C(=O)c1ccccc1. The van der Waals surface area contributed by atoms with E-state index in [0.29, 0.717) is 11.1 Å². The number of ketones is 1. The lowest BCUT2D eigenvalue weighted by Crippen LogP contribution is -2.03. The number of hydrogen-bond acceptors (Lipinski definition) is 1. The number of carbonyl (C=O) groups is 1. The number of benzene rings is 5. The van der Waals surface area contributed by atoms with Crippen LogP contribution in [0.4, 0.5) is 13.2 Å². The molecule has 4 heteroatoms. The average Bonchev–Trinajstić information content (AvgIpc) is 3.05. The Morgan fingerprint density at radius 2 is 1.16 bits per heavy atom. The van der Waals surface area contributed by atoms with Gasteiger partial charge in [-0.1, -0.05) is 134 Å². The maximum Gasteiger partial charge on any atom is 0.416 e. The second kappa shape index (κ2) is 13.0. The third-order valence-electron chi connectivity index (χ3n) is 7.62. The van der Waals surface area contributed by atoms with Crippen molar-refractivity contribution in [2.24, 2.45) is 0 Å². The van der Waals surface area contributed by atoms with Crippen molar-refractivity contribution in [3.8, 4) is 33.4 Å². The molecule has 0 fully saturated rings. The predicted molar refractivity (Wildman–Crippen MR) is 175 cm³/mol. The van der Waals surface area contributed by atoms with E-state index >= 15 is 0 Å². The quantitative estimate of drug-likeness (QED) is 0.101. The van der Waals surface area contributed by atoms with Gasteiger partial charge in [0.05, 0.1) is 5.56 Å². The van der Waals surface area contributed by atoms with E-state index in [-0.39, 0.29) is 5.78 Å². The third kappa shape index (κ3) is 6.87. The van der Waals surface area contributed by atoms with E-state index in [9.17, 15) is 18.0 Å². The molecule has 0 aliphatic carbocycles. The highest BCUT2D eigenvalue weighted by atomic mass is 19.4. The van der Waals surface area contributed by atoms with Crippen LogP contribution in [0.5, 0.6) is 0 Å². The van der Waals surface area contributed by atoms with Crippen molar-refractivity contribution in [1.29, 1.82) is 0 Å². The highest BCUT2D eigenvalue weighted by Gasteiger charge is 2.30. The smallest absolute Gasteiger partial charge is 0.289 e. The molecule has 0 spiro atoms. The van der Waals surface area contributed by atoms with Crippen LogP contribution in [0.1, 0.15) is 34.0 Å². The zero-order chi connectivity index (χ0) is 31.3. The molecule has 218 valence electrons. The molecule has 0 aliphatic heterocycles. The number of alkyl halides is 3. The van der Waals surface area contributed by atoms with Crippen LogP contribution >= 0.6 is 0 Å². The zero-order valence-electron chi connectivity index (χ0n) is 24.5. The van der Waals surface area contributed by atoms with Crippen LogP contribution < -0.4 is 0 Å². The zero-order valence-corrected chi connectivity index (χ0v) is 24.5. The normalized spacial score (nSPS) is 12.0. The van der Waals surface area contributed by atoms with Crippen LogP contribution in [-0.2, 0) is 6.18 Å². The van der Waals surface area contributed by atoms with Gasteiger partial charge in [-0.3, -0.25) is 4.79 Å². The molecule has 0 atom stereocenters. The summed E-state index contributed by atoms with van der Waals surface area (Å²) in [5, 5.41) is 0. The van der Waals surface area contributed by atoms with Crippen LogP contribution in [-0.4, -0.2) is 5.78 Å². The summed E-state index contributed by atoms with van der Waals surface area (Å²) in [6, 6.07) is 36.9. The summed E-state index contributed by atoms with van der Waals surface area (Å²) in [5.41, 5.74) is 9.45. The lowest BCUT2D eigenvalue weighted by atomic mass is 9.93. The van der Waals surface area contributed by atoms with Gasteiger partial charge in [0.15, 0.2) is 5.78 Å². The van der Waals surface area contributed by atoms with Gasteiger partial charge in [-0.25, -0.2) is 0 Å². The van der Waals surface area contributed by atoms with Gasteiger partial charge in [-0.15, -0.1) is 0 Å². The first-order valence-corrected chi connectivity index (χ1v) is 14.3. The summed E-state index contributed by atoms with van der Waals surface area (Å²) in [5.74, 6) is -0.0958. The molecule has 0 aliphatic rings. The number of Topliss-reactive ketones (excluding diaryl/α,β-unsaturated/α-hetero) is 1. The number of rotatable bonds is 8. The molecule has 5 rings (SSSR count). The van der Waals surface area contributed by atoms with E-state index in [1.165, 1.54) is 12.1 Å². The van der Waals surface area contributed by atoms with Crippen LogP contribution in [0.15, 0.2) is 152 Å². The Morgan fingerprint density at radius 1 is 0.636 bits per heavy atom. The topological polar surface area (TPSA) is 17.1 Å². The number of carbonyl (C=O) groups excluding carboxylic acids is 1. The second-order valence-corrected chi connectivity index (χ2v) is 10.6. The predicted octanol–water partition coefficient (Wildman–Crippen LogP) is 11.4. The Kier molecular flexibility index (Phi) is 8.91. The van der Waals surface area contributed by atoms with Crippen LogP contribution in [0.2, 0.25) is 0 Å². The molecule has 0 saturated carbocycles. The minimum Gasteiger partial charge on any atom is -0.289 e. The fourth-order valence-corrected chi connectivity index (χ4v) is 5.12. The van der Waals surface area contributed by atoms with Gasteiger partial charge in [0.2, 0.25) is 0 Å². The summed E-state index contributed by atoms with van der Waals surface area (Å²) in [6.07, 6.45) is 1.34. The summed E-state index contributed by atoms with van der Waals surface area (Å²) < 4.78 is 38.7. The van der Waals surface area contributed by atoms with E-state index in [2.05, 4.69) is 56.0 Å². The Balaban J connectivity index is 1.28. The fourth-order valence-electron chi connectivity index (χ4n) is 5.12. The molecule has 0 N–H and O–H groups in total. The van der Waals surface area contributed by atoms with E-state index in [1.807, 2.05) is 61.5 Å². The molecule has 0 amide bonds. The molecule has 44 heavy (non-hydrogen) atoms. The maximum atomic E-state index is 12.9. The van der Waals surface area contributed by atoms with Gasteiger partial charge in [-0.2, -0.15) is 13.2 Å². The molecular weight excluding hydrogens is 553 g/mol. The first-order valence-electron chi connectivity index (χ1n) is 14.3. The van der Waals surface area contributed by atoms with Gasteiger partial charge < -0.3 is 0 Å². The first-order chi connectivity index (χ1) is 21.1. The van der Waals surface area contributed by atoms with Crippen LogP contribution in [0.25, 0.3) is 39.0 Å². The number of hydrogen-bond donors (Lipinski definition) is 0. The van der Waals surface area contributed by atoms with Crippen molar-refractivity contribution in [2.45, 2.75) is 20.0 Å². The number of allylic oxidation sites excluding steroid dienone is 5. The third-order valence-corrected chi connectivity index (χ3v) is 7.62. The second-order valence-electron chi connectivity index (χ2n) is 10.6. The standard InChI is InChI=1S/C40H31F3O/c1-4-29(11-10-27(2)39(44)35-8-6-5-7-9-35)30-12-14-33(15-13-30)36-22-25-38(28(3)26-36)34-18-16-31(17-19-34)32-20-23-37(24-21-32)40(41,42)43/h4-26H,2H2,1,3H3. The van der Waals surface area contributed by atoms with Gasteiger partial charge in [0.1, 0.15) is 0 Å². The monoisotopic (exact) mass is 584 g/mol. The maximum absolute atomic E-state index is 12.9. The summed E-state index contributed by atoms with van der Waals surface area (Å²) in [6.45, 7) is 7.99. The fraction of sp³-hybridized carbons (Fsp3) is 0.0750. The summed E-state index contributed by atoms with van der Waals surface area (Å²) in [4.78, 5) is 12.6. The minimum atomic E-state index is -4.34. The molecular formula is C40H31F3O. The van der Waals surface area contributed by atoms with Crippen molar-refractivity contribution in [1.82, 2.24) is 0 Å². The lowest BCUT2D eigenvalue weighted by molar-refractivity contribution is -0.137. The van der Waals surface area contributed by atoms with Gasteiger partial charge >= 0.3 is 6.18 Å². The minimum absolute atomic E-state index is 0.0958. The van der Waals surface area contributed by atoms with Gasteiger partial charge in [0, 0.05) is 11.1 Å². The molecule has 0 radical (unpaired) electrons. The van der Waals surface area contributed by atoms with Crippen LogP contribution in [0, 0.1) is 6.92 Å². The van der Waals surface area contributed by atoms with E-state index < -0.39 is 11.7 Å². The first kappa shape index (κ1) is 30.2. The Labute approximate surface area is 256 Å². The number of aryl methyl sites for hydroxylation is 1. The Hall–Kier alpha value is -5.22. The molecule has 0 saturated heterocycles. The summed E-state index contributed by atoms with van der Waals surface area (Å²) in [7, 11) is 0. The van der Waals surface area contributed by atoms with Crippen molar-refractivity contribution >= 4 is 11.4 Å². The highest BCUT2D eigenvalue weighted by Crippen LogP contribution is 2.33. The number of halogens is 3. The van der Waals surface area contributed by atoms with E-state index in [1.54, 1.807) is 18.2 Å². The Bertz CT molecular complexity index is 1840. The average molecular weight is 585 g/mol. The van der Waals surface area contributed by atoms with Gasteiger partial charge in [-0.05, 0) is 76.1 Å². The molecule has 1 nitrogen and oxygen atoms in total. The molecule has 0 unspecified atom stereocenters. The van der Waals surface area contributed by atoms with Crippen molar-refractivity contribution in [2.75, 3.05) is 0 Å². The summed E-state index contributed by atoms with van der Waals surface area (Å²) >= 11 is 0. The molecule has 0 heterocycles. The van der Waals surface area contributed by atoms with E-state index in [0.717, 1.165) is 62.2 Å². The van der Waals surface area contributed by atoms with Crippen molar-refractivity contribution < 1.29 is 18.0 Å². The molecule has 0 bridgehead atoms. The molecule has 0 aromatic heterocycles. The lowest BCUT2D eigenvalue weighted by Gasteiger charge is -2.12. The highest BCUT2D eigenvalue weighted by molar-refractivity contribution is 6.10. The Morgan fingerprint density at radius 3 is 1.73 bits per heavy atom. The van der Waals surface area contributed by atoms with Crippen molar-refractivity contribution in [3.05, 3.63) is 174 Å². The van der Waals surface area contributed by atoms with Gasteiger partial charge in [0.25, 0.3) is 0 Å². The van der Waals surface area contributed by atoms with Crippen LogP contribution in [0.3, 0.4) is 0 Å².